The second kappa shape index (κ2) is 9.05. The highest BCUT2D eigenvalue weighted by Gasteiger charge is 2.25. The fourth-order valence-electron chi connectivity index (χ4n) is 3.82. The van der Waals surface area contributed by atoms with Gasteiger partial charge in [0, 0.05) is 18.7 Å². The molecule has 3 aromatic rings. The van der Waals surface area contributed by atoms with Crippen LogP contribution in [0.25, 0.3) is 16.9 Å². The minimum Gasteiger partial charge on any atom is -0.473 e. The van der Waals surface area contributed by atoms with E-state index in [1.165, 1.54) is 0 Å². The molecule has 4 rings (SSSR count). The van der Waals surface area contributed by atoms with Crippen LogP contribution in [0.4, 0.5) is 10.2 Å². The molecule has 0 radical (unpaired) electrons. The molecule has 0 aliphatic heterocycles. The van der Waals surface area contributed by atoms with Crippen LogP contribution < -0.4 is 10.1 Å². The Morgan fingerprint density at radius 3 is 2.87 bits per heavy atom. The molecule has 1 fully saturated rings. The van der Waals surface area contributed by atoms with Gasteiger partial charge in [-0.2, -0.15) is 19.7 Å². The van der Waals surface area contributed by atoms with E-state index in [1.807, 2.05) is 24.4 Å². The summed E-state index contributed by atoms with van der Waals surface area (Å²) in [4.78, 5) is 8.68. The lowest BCUT2D eigenvalue weighted by molar-refractivity contribution is 0.191. The molecule has 0 bridgehead atoms. The van der Waals surface area contributed by atoms with Crippen LogP contribution in [0.1, 0.15) is 32.1 Å². The van der Waals surface area contributed by atoms with Crippen LogP contribution in [0.5, 0.6) is 5.88 Å². The molecule has 0 spiro atoms. The van der Waals surface area contributed by atoms with E-state index in [1.54, 1.807) is 10.7 Å². The number of hydrogen-bond acceptors (Lipinski definition) is 7. The molecule has 1 aliphatic carbocycles. The molecule has 9 heteroatoms. The number of anilines is 1. The van der Waals surface area contributed by atoms with Gasteiger partial charge in [-0.25, -0.2) is 9.50 Å². The Bertz CT molecular complexity index is 1060. The van der Waals surface area contributed by atoms with Gasteiger partial charge in [0.05, 0.1) is 30.0 Å². The molecule has 0 amide bonds. The molecule has 8 nitrogen and oxygen atoms in total. The van der Waals surface area contributed by atoms with E-state index >= 15 is 4.39 Å². The number of aliphatic hydroxyl groups excluding tert-OH is 1. The Kier molecular flexibility index (Phi) is 6.05. The van der Waals surface area contributed by atoms with Crippen LogP contribution in [-0.4, -0.2) is 43.9 Å². The summed E-state index contributed by atoms with van der Waals surface area (Å²) in [5.41, 5.74) is 1.45. The van der Waals surface area contributed by atoms with Gasteiger partial charge in [0.1, 0.15) is 6.61 Å². The Labute approximate surface area is 173 Å². The van der Waals surface area contributed by atoms with E-state index in [0.717, 1.165) is 31.2 Å². The number of fused-ring (bicyclic) bond motifs is 1. The van der Waals surface area contributed by atoms with Crippen LogP contribution in [-0.2, 0) is 0 Å². The number of nitriles is 1. The van der Waals surface area contributed by atoms with Crippen molar-refractivity contribution in [3.05, 3.63) is 36.4 Å². The van der Waals surface area contributed by atoms with Crippen molar-refractivity contribution >= 4 is 11.3 Å². The minimum absolute atomic E-state index is 0.0618. The van der Waals surface area contributed by atoms with Crippen LogP contribution in [0.15, 0.2) is 30.6 Å². The molecule has 1 saturated carbocycles. The summed E-state index contributed by atoms with van der Waals surface area (Å²) < 4.78 is 22.1. The van der Waals surface area contributed by atoms with Crippen molar-refractivity contribution in [1.82, 2.24) is 19.6 Å². The number of ether oxygens (including phenoxy) is 1. The van der Waals surface area contributed by atoms with Gasteiger partial charge >= 0.3 is 0 Å². The van der Waals surface area contributed by atoms with Gasteiger partial charge in [0.15, 0.2) is 11.6 Å². The Balaban J connectivity index is 1.64. The van der Waals surface area contributed by atoms with Crippen LogP contribution >= 0.6 is 0 Å². The number of nitrogens with zero attached hydrogens (tertiary/aromatic N) is 5. The second-order valence-electron chi connectivity index (χ2n) is 7.40. The zero-order chi connectivity index (χ0) is 20.9. The highest BCUT2D eigenvalue weighted by Crippen LogP contribution is 2.32. The van der Waals surface area contributed by atoms with E-state index < -0.39 is 5.82 Å². The number of hydrogen-bond donors (Lipinski definition) is 2. The molecule has 0 saturated heterocycles. The number of aromatic nitrogens is 4. The fourth-order valence-corrected chi connectivity index (χ4v) is 3.82. The van der Waals surface area contributed by atoms with Crippen molar-refractivity contribution in [2.24, 2.45) is 5.92 Å². The third-order valence-electron chi connectivity index (χ3n) is 5.39. The predicted molar refractivity (Wildman–Crippen MR) is 108 cm³/mol. The molecule has 0 aromatic carbocycles. The van der Waals surface area contributed by atoms with Crippen molar-refractivity contribution in [3.63, 3.8) is 0 Å². The zero-order valence-corrected chi connectivity index (χ0v) is 16.5. The first-order chi connectivity index (χ1) is 14.7. The van der Waals surface area contributed by atoms with Gasteiger partial charge in [-0.3, -0.25) is 0 Å². The fraction of sp³-hybridized carbons (Fsp3) is 0.429. The predicted octanol–water partition coefficient (Wildman–Crippen LogP) is 3.19. The standard InChI is InChI=1S/C21H23FN6O2/c22-18-20(25-15-6-4-14(5-7-15)8-9-23)26-19(27-21(18)30-12-11-29)16-13-24-28-10-2-1-3-17(16)28/h1-3,10,13-15,29H,4-8,11-12H2,(H,25,26,27). The number of halogens is 1. The number of nitrogens with one attached hydrogen (secondary N) is 1. The van der Waals surface area contributed by atoms with E-state index in [0.29, 0.717) is 23.7 Å². The molecule has 0 unspecified atom stereocenters. The Morgan fingerprint density at radius 2 is 2.10 bits per heavy atom. The molecular formula is C21H23FN6O2. The first-order valence-corrected chi connectivity index (χ1v) is 10.1. The molecular weight excluding hydrogens is 387 g/mol. The highest BCUT2D eigenvalue weighted by molar-refractivity contribution is 5.76. The minimum atomic E-state index is -0.678. The van der Waals surface area contributed by atoms with Crippen molar-refractivity contribution < 1.29 is 14.2 Å². The summed E-state index contributed by atoms with van der Waals surface area (Å²) in [7, 11) is 0. The summed E-state index contributed by atoms with van der Waals surface area (Å²) in [5, 5.41) is 25.4. The van der Waals surface area contributed by atoms with Crippen molar-refractivity contribution in [1.29, 1.82) is 5.26 Å². The smallest absolute Gasteiger partial charge is 0.256 e. The van der Waals surface area contributed by atoms with Gasteiger partial charge in [-0.15, -0.1) is 0 Å². The Hall–Kier alpha value is -3.25. The number of rotatable bonds is 7. The second-order valence-corrected chi connectivity index (χ2v) is 7.40. The van der Waals surface area contributed by atoms with Gasteiger partial charge in [-0.1, -0.05) is 6.07 Å². The number of aliphatic hydroxyl groups is 1. The van der Waals surface area contributed by atoms with Gasteiger partial charge < -0.3 is 15.2 Å². The maximum atomic E-state index is 15.0. The van der Waals surface area contributed by atoms with Gasteiger partial charge in [0.25, 0.3) is 5.88 Å². The van der Waals surface area contributed by atoms with Crippen molar-refractivity contribution in [3.8, 4) is 23.3 Å². The summed E-state index contributed by atoms with van der Waals surface area (Å²) in [5.74, 6) is -0.105. The Morgan fingerprint density at radius 1 is 1.27 bits per heavy atom. The highest BCUT2D eigenvalue weighted by atomic mass is 19.1. The zero-order valence-electron chi connectivity index (χ0n) is 16.5. The van der Waals surface area contributed by atoms with E-state index in [9.17, 15) is 0 Å². The molecule has 1 aliphatic rings. The van der Waals surface area contributed by atoms with Crippen LogP contribution in [0, 0.1) is 23.1 Å². The van der Waals surface area contributed by atoms with Gasteiger partial charge in [-0.05, 0) is 43.7 Å². The van der Waals surface area contributed by atoms with Crippen molar-refractivity contribution in [2.75, 3.05) is 18.5 Å². The number of pyridine rings is 1. The summed E-state index contributed by atoms with van der Waals surface area (Å²) in [6.45, 7) is -0.317. The van der Waals surface area contributed by atoms with E-state index in [-0.39, 0.29) is 31.0 Å². The normalized spacial score (nSPS) is 18.8. The van der Waals surface area contributed by atoms with Crippen molar-refractivity contribution in [2.45, 2.75) is 38.1 Å². The SMILES string of the molecule is N#CCC1CCC(Nc2nc(-c3cnn4ccccc34)nc(OCCO)c2F)CC1. The maximum absolute atomic E-state index is 15.0. The average molecular weight is 410 g/mol. The lowest BCUT2D eigenvalue weighted by atomic mass is 9.84. The molecule has 2 N–H and O–H groups in total. The van der Waals surface area contributed by atoms with E-state index in [2.05, 4.69) is 26.5 Å². The first kappa shape index (κ1) is 20.0. The lowest BCUT2D eigenvalue weighted by Gasteiger charge is -2.28. The summed E-state index contributed by atoms with van der Waals surface area (Å²) in [6.07, 6.45) is 7.54. The van der Waals surface area contributed by atoms with Crippen LogP contribution in [0.2, 0.25) is 0 Å². The molecule has 30 heavy (non-hydrogen) atoms. The maximum Gasteiger partial charge on any atom is 0.256 e. The van der Waals surface area contributed by atoms with E-state index in [4.69, 9.17) is 15.1 Å². The largest absolute Gasteiger partial charge is 0.473 e. The lowest BCUT2D eigenvalue weighted by Crippen LogP contribution is -2.27. The molecule has 3 heterocycles. The molecule has 3 aromatic heterocycles. The first-order valence-electron chi connectivity index (χ1n) is 10.1. The monoisotopic (exact) mass is 410 g/mol. The molecule has 0 atom stereocenters. The third kappa shape index (κ3) is 4.19. The summed E-state index contributed by atoms with van der Waals surface area (Å²) in [6, 6.07) is 7.92. The van der Waals surface area contributed by atoms with Gasteiger partial charge in [0.2, 0.25) is 5.82 Å². The summed E-state index contributed by atoms with van der Waals surface area (Å²) >= 11 is 0. The topological polar surface area (TPSA) is 108 Å². The quantitative estimate of drug-likeness (QED) is 0.616. The van der Waals surface area contributed by atoms with Crippen LogP contribution in [0.3, 0.4) is 0 Å². The average Bonchev–Trinajstić information content (AvgIpc) is 3.20. The molecule has 156 valence electrons. The third-order valence-corrected chi connectivity index (χ3v) is 5.39.